The maximum Gasteiger partial charge on any atom is 0.255 e. The predicted molar refractivity (Wildman–Crippen MR) is 111 cm³/mol. The summed E-state index contributed by atoms with van der Waals surface area (Å²) in [5.74, 6) is -0.545. The standard InChI is InChI=1S/C22H31N4O3/c1-22(2,9-11-24-12-14-29-15-13-24)16-5-7-17(8-6-16)26-20(19(23)27)25-10-3-4-18(25)21(26)28/h4-8,18,20H,3,9-15H2,1-2H3,(H2,23,27)/t18-,20?/m0/s1. The fourth-order valence-corrected chi connectivity index (χ4v) is 4.62. The van der Waals surface area contributed by atoms with Crippen LogP contribution in [-0.2, 0) is 19.7 Å². The normalized spacial score (nSPS) is 26.1. The van der Waals surface area contributed by atoms with E-state index in [1.54, 1.807) is 4.90 Å². The number of nitrogens with zero attached hydrogens (tertiary/aromatic N) is 3. The number of ether oxygens (including phenoxy) is 1. The van der Waals surface area contributed by atoms with Gasteiger partial charge in [-0.3, -0.25) is 24.3 Å². The van der Waals surface area contributed by atoms with Gasteiger partial charge in [0.05, 0.1) is 19.3 Å². The Labute approximate surface area is 172 Å². The van der Waals surface area contributed by atoms with Crippen molar-refractivity contribution in [3.05, 3.63) is 36.2 Å². The third-order valence-corrected chi connectivity index (χ3v) is 6.52. The van der Waals surface area contributed by atoms with Gasteiger partial charge in [-0.1, -0.05) is 26.0 Å². The van der Waals surface area contributed by atoms with Gasteiger partial charge >= 0.3 is 0 Å². The number of hydrogen-bond acceptors (Lipinski definition) is 5. The van der Waals surface area contributed by atoms with Crippen molar-refractivity contribution < 1.29 is 14.3 Å². The molecule has 1 aromatic rings. The molecule has 0 aliphatic carbocycles. The maximum atomic E-state index is 12.9. The number of rotatable bonds is 6. The average molecular weight is 400 g/mol. The van der Waals surface area contributed by atoms with Crippen LogP contribution in [0.15, 0.2) is 24.3 Å². The number of amides is 2. The Balaban J connectivity index is 1.48. The molecule has 2 atom stereocenters. The monoisotopic (exact) mass is 399 g/mol. The lowest BCUT2D eigenvalue weighted by Crippen LogP contribution is -2.49. The molecule has 0 bridgehead atoms. The van der Waals surface area contributed by atoms with Gasteiger partial charge in [0.15, 0.2) is 6.17 Å². The van der Waals surface area contributed by atoms with Crippen molar-refractivity contribution in [2.45, 2.75) is 44.3 Å². The fourth-order valence-electron chi connectivity index (χ4n) is 4.62. The minimum absolute atomic E-state index is 0.0166. The Morgan fingerprint density at radius 2 is 1.86 bits per heavy atom. The number of primary amides is 1. The summed E-state index contributed by atoms with van der Waals surface area (Å²) in [5, 5.41) is 0. The van der Waals surface area contributed by atoms with E-state index >= 15 is 0 Å². The van der Waals surface area contributed by atoms with Gasteiger partial charge in [0.2, 0.25) is 5.91 Å². The third kappa shape index (κ3) is 3.91. The van der Waals surface area contributed by atoms with Crippen LogP contribution in [0.2, 0.25) is 0 Å². The molecule has 7 nitrogen and oxygen atoms in total. The van der Waals surface area contributed by atoms with Gasteiger partial charge in [-0.25, -0.2) is 0 Å². The van der Waals surface area contributed by atoms with E-state index in [9.17, 15) is 9.59 Å². The second-order valence-corrected chi connectivity index (χ2v) is 8.83. The van der Waals surface area contributed by atoms with Crippen LogP contribution in [-0.4, -0.2) is 73.2 Å². The van der Waals surface area contributed by atoms with E-state index in [2.05, 4.69) is 30.9 Å². The molecule has 3 aliphatic rings. The van der Waals surface area contributed by atoms with Crippen LogP contribution in [0.3, 0.4) is 0 Å². The number of benzene rings is 1. The molecule has 2 N–H and O–H groups in total. The lowest BCUT2D eigenvalue weighted by atomic mass is 9.81. The van der Waals surface area contributed by atoms with Gasteiger partial charge < -0.3 is 10.5 Å². The quantitative estimate of drug-likeness (QED) is 0.776. The van der Waals surface area contributed by atoms with Crippen LogP contribution in [0.1, 0.15) is 32.3 Å². The molecule has 3 aliphatic heterocycles. The molecule has 4 rings (SSSR count). The van der Waals surface area contributed by atoms with E-state index in [4.69, 9.17) is 10.5 Å². The first-order valence-corrected chi connectivity index (χ1v) is 10.5. The van der Waals surface area contributed by atoms with Crippen molar-refractivity contribution in [3.8, 4) is 0 Å². The van der Waals surface area contributed by atoms with Crippen LogP contribution in [0.5, 0.6) is 0 Å². The zero-order valence-electron chi connectivity index (χ0n) is 17.3. The molecule has 1 unspecified atom stereocenters. The summed E-state index contributed by atoms with van der Waals surface area (Å²) in [5.41, 5.74) is 7.62. The fraction of sp³-hybridized carbons (Fsp3) is 0.591. The number of anilines is 1. The van der Waals surface area contributed by atoms with Gasteiger partial charge in [-0.05, 0) is 48.9 Å². The Hall–Kier alpha value is -1.96. The molecular formula is C22H31N4O3. The van der Waals surface area contributed by atoms with Crippen molar-refractivity contribution in [2.24, 2.45) is 5.73 Å². The van der Waals surface area contributed by atoms with Crippen molar-refractivity contribution in [1.29, 1.82) is 0 Å². The lowest BCUT2D eigenvalue weighted by Gasteiger charge is -2.32. The highest BCUT2D eigenvalue weighted by Crippen LogP contribution is 2.35. The van der Waals surface area contributed by atoms with Crippen LogP contribution >= 0.6 is 0 Å². The molecule has 0 saturated carbocycles. The first-order chi connectivity index (χ1) is 13.9. The molecule has 157 valence electrons. The molecule has 1 radical (unpaired) electrons. The highest BCUT2D eigenvalue weighted by molar-refractivity contribution is 6.06. The molecule has 0 spiro atoms. The summed E-state index contributed by atoms with van der Waals surface area (Å²) in [6.45, 7) is 9.85. The minimum Gasteiger partial charge on any atom is -0.379 e. The van der Waals surface area contributed by atoms with Gasteiger partial charge in [0.25, 0.3) is 5.91 Å². The van der Waals surface area contributed by atoms with Crippen molar-refractivity contribution in [1.82, 2.24) is 9.80 Å². The topological polar surface area (TPSA) is 79.1 Å². The number of fused-ring (bicyclic) bond motifs is 1. The molecule has 2 amide bonds. The van der Waals surface area contributed by atoms with E-state index in [0.29, 0.717) is 6.54 Å². The first kappa shape index (κ1) is 20.3. The van der Waals surface area contributed by atoms with Gasteiger partial charge in [0, 0.05) is 25.3 Å². The molecule has 0 aromatic heterocycles. The molecule has 29 heavy (non-hydrogen) atoms. The van der Waals surface area contributed by atoms with E-state index in [-0.39, 0.29) is 17.4 Å². The minimum atomic E-state index is -0.702. The van der Waals surface area contributed by atoms with E-state index in [0.717, 1.165) is 51.4 Å². The predicted octanol–water partition coefficient (Wildman–Crippen LogP) is 1.12. The highest BCUT2D eigenvalue weighted by Gasteiger charge is 2.51. The van der Waals surface area contributed by atoms with Crippen molar-refractivity contribution in [2.75, 3.05) is 44.3 Å². The largest absolute Gasteiger partial charge is 0.379 e. The van der Waals surface area contributed by atoms with Gasteiger partial charge in [-0.15, -0.1) is 0 Å². The summed E-state index contributed by atoms with van der Waals surface area (Å²) in [6, 6.07) is 7.71. The molecule has 3 heterocycles. The number of nitrogens with two attached hydrogens (primary N) is 1. The molecule has 3 fully saturated rings. The second kappa shape index (κ2) is 8.05. The van der Waals surface area contributed by atoms with Crippen LogP contribution in [0, 0.1) is 6.42 Å². The van der Waals surface area contributed by atoms with Gasteiger partial charge in [-0.2, -0.15) is 0 Å². The smallest absolute Gasteiger partial charge is 0.255 e. The van der Waals surface area contributed by atoms with Crippen LogP contribution < -0.4 is 10.6 Å². The lowest BCUT2D eigenvalue weighted by molar-refractivity contribution is -0.122. The Kier molecular flexibility index (Phi) is 5.64. The summed E-state index contributed by atoms with van der Waals surface area (Å²) in [4.78, 5) is 30.9. The molecule has 3 saturated heterocycles. The SMILES string of the molecule is CC(C)(CCN1CCOCC1)c1ccc(N2C(=O)[C@@H]3[CH]CCN3C2C(N)=O)cc1. The third-order valence-electron chi connectivity index (χ3n) is 6.52. The summed E-state index contributed by atoms with van der Waals surface area (Å²) in [7, 11) is 0. The number of carbonyl (C=O) groups excluding carboxylic acids is 2. The molecule has 7 heteroatoms. The highest BCUT2D eigenvalue weighted by atomic mass is 16.5. The van der Waals surface area contributed by atoms with Gasteiger partial charge in [0.1, 0.15) is 0 Å². The number of morpholine rings is 1. The number of hydrogen-bond donors (Lipinski definition) is 1. The summed E-state index contributed by atoms with van der Waals surface area (Å²) >= 11 is 0. The Morgan fingerprint density at radius 1 is 1.17 bits per heavy atom. The zero-order valence-corrected chi connectivity index (χ0v) is 17.3. The first-order valence-electron chi connectivity index (χ1n) is 10.5. The van der Waals surface area contributed by atoms with E-state index in [1.165, 1.54) is 5.56 Å². The van der Waals surface area contributed by atoms with Crippen molar-refractivity contribution >= 4 is 17.5 Å². The summed E-state index contributed by atoms with van der Waals surface area (Å²) in [6.07, 6.45) is 3.13. The number of carbonyl (C=O) groups is 2. The van der Waals surface area contributed by atoms with E-state index < -0.39 is 12.1 Å². The van der Waals surface area contributed by atoms with E-state index in [1.807, 2.05) is 23.5 Å². The van der Waals surface area contributed by atoms with Crippen LogP contribution in [0.25, 0.3) is 0 Å². The Morgan fingerprint density at radius 3 is 2.52 bits per heavy atom. The van der Waals surface area contributed by atoms with Crippen molar-refractivity contribution in [3.63, 3.8) is 0 Å². The molecular weight excluding hydrogens is 368 g/mol. The maximum absolute atomic E-state index is 12.9. The average Bonchev–Trinajstić information content (AvgIpc) is 3.29. The second-order valence-electron chi connectivity index (χ2n) is 8.83. The molecule has 1 aromatic carbocycles. The summed E-state index contributed by atoms with van der Waals surface area (Å²) < 4.78 is 5.43. The Bertz CT molecular complexity index is 758. The van der Waals surface area contributed by atoms with Crippen LogP contribution in [0.4, 0.5) is 5.69 Å². The zero-order chi connectivity index (χ0) is 20.6.